The summed E-state index contributed by atoms with van der Waals surface area (Å²) in [6.45, 7) is 5.32. The summed E-state index contributed by atoms with van der Waals surface area (Å²) in [5.74, 6) is 0.574. The molecular weight excluding hydrogens is 282 g/mol. The van der Waals surface area contributed by atoms with E-state index in [1.807, 2.05) is 18.3 Å². The summed E-state index contributed by atoms with van der Waals surface area (Å²) in [4.78, 5) is 6.69. The molecule has 0 bridgehead atoms. The number of nitrogens with one attached hydrogen (secondary N) is 1. The molecule has 1 fully saturated rings. The molecule has 112 valence electrons. The van der Waals surface area contributed by atoms with Gasteiger partial charge in [0.2, 0.25) is 0 Å². The lowest BCUT2D eigenvalue weighted by Crippen LogP contribution is -2.30. The smallest absolute Gasteiger partial charge is 0.147 e. The summed E-state index contributed by atoms with van der Waals surface area (Å²) in [7, 11) is 0. The third-order valence-corrected chi connectivity index (χ3v) is 4.64. The zero-order chi connectivity index (χ0) is 14.7. The normalized spacial score (nSPS) is 14.6. The number of pyridine rings is 1. The highest BCUT2D eigenvalue weighted by Gasteiger charge is 2.27. The first-order valence-electron chi connectivity index (χ1n) is 7.43. The fourth-order valence-corrected chi connectivity index (χ4v) is 3.33. The first kappa shape index (κ1) is 14.3. The van der Waals surface area contributed by atoms with Crippen LogP contribution >= 0.6 is 11.5 Å². The molecule has 1 aliphatic rings. The summed E-state index contributed by atoms with van der Waals surface area (Å²) < 4.78 is 4.27. The van der Waals surface area contributed by atoms with E-state index in [9.17, 15) is 0 Å². The van der Waals surface area contributed by atoms with Gasteiger partial charge in [-0.2, -0.15) is 4.37 Å². The predicted octanol–water partition coefficient (Wildman–Crippen LogP) is 2.68. The van der Waals surface area contributed by atoms with Crippen molar-refractivity contribution in [3.05, 3.63) is 24.5 Å². The van der Waals surface area contributed by atoms with E-state index in [1.165, 1.54) is 24.4 Å². The van der Waals surface area contributed by atoms with Crippen LogP contribution in [0.3, 0.4) is 0 Å². The minimum Gasteiger partial charge on any atom is -0.382 e. The Morgan fingerprint density at radius 3 is 3.00 bits per heavy atom. The summed E-state index contributed by atoms with van der Waals surface area (Å²) in [5, 5.41) is 4.52. The van der Waals surface area contributed by atoms with Crippen LogP contribution in [-0.2, 0) is 0 Å². The van der Waals surface area contributed by atoms with Gasteiger partial charge in [0.05, 0.1) is 5.56 Å². The molecule has 21 heavy (non-hydrogen) atoms. The maximum absolute atomic E-state index is 6.01. The third kappa shape index (κ3) is 3.33. The minimum absolute atomic E-state index is 0.574. The first-order valence-corrected chi connectivity index (χ1v) is 8.20. The van der Waals surface area contributed by atoms with Gasteiger partial charge in [0.15, 0.2) is 0 Å². The molecule has 6 heteroatoms. The standard InChI is InChI=1S/C15H21N5S/c1-2-20(12-5-6-12)9-8-18-15-13(14(16)19-21-15)11-4-3-7-17-10-11/h3-4,7,10,12,18H,2,5-6,8-9H2,1H3,(H2,16,19). The molecule has 0 aromatic carbocycles. The fraction of sp³-hybridized carbons (Fsp3) is 0.467. The van der Waals surface area contributed by atoms with Crippen LogP contribution in [0.1, 0.15) is 19.8 Å². The Labute approximate surface area is 129 Å². The van der Waals surface area contributed by atoms with Crippen molar-refractivity contribution < 1.29 is 0 Å². The second-order valence-electron chi connectivity index (χ2n) is 5.30. The van der Waals surface area contributed by atoms with Crippen LogP contribution in [-0.4, -0.2) is 39.9 Å². The molecule has 0 unspecified atom stereocenters. The van der Waals surface area contributed by atoms with Crippen LogP contribution in [0.15, 0.2) is 24.5 Å². The van der Waals surface area contributed by atoms with E-state index in [-0.39, 0.29) is 0 Å². The van der Waals surface area contributed by atoms with E-state index in [0.29, 0.717) is 5.82 Å². The monoisotopic (exact) mass is 303 g/mol. The molecule has 0 radical (unpaired) electrons. The lowest BCUT2D eigenvalue weighted by atomic mass is 10.1. The van der Waals surface area contributed by atoms with Gasteiger partial charge in [-0.25, -0.2) is 0 Å². The van der Waals surface area contributed by atoms with Crippen molar-refractivity contribution in [2.45, 2.75) is 25.8 Å². The molecular formula is C15H21N5S. The molecule has 2 heterocycles. The van der Waals surface area contributed by atoms with E-state index in [0.717, 1.165) is 41.8 Å². The van der Waals surface area contributed by atoms with Crippen molar-refractivity contribution in [3.63, 3.8) is 0 Å². The van der Waals surface area contributed by atoms with Crippen molar-refractivity contribution in [1.82, 2.24) is 14.3 Å². The molecule has 0 atom stereocenters. The SMILES string of the molecule is CCN(CCNc1snc(N)c1-c1cccnc1)C1CC1. The highest BCUT2D eigenvalue weighted by Crippen LogP contribution is 2.36. The maximum Gasteiger partial charge on any atom is 0.147 e. The second kappa shape index (κ2) is 6.41. The molecule has 3 N–H and O–H groups in total. The van der Waals surface area contributed by atoms with Crippen molar-refractivity contribution in [2.24, 2.45) is 0 Å². The Hall–Kier alpha value is -1.66. The van der Waals surface area contributed by atoms with Gasteiger partial charge in [0.25, 0.3) is 0 Å². The molecule has 1 saturated carbocycles. The zero-order valence-electron chi connectivity index (χ0n) is 12.2. The second-order valence-corrected chi connectivity index (χ2v) is 6.07. The molecule has 0 spiro atoms. The van der Waals surface area contributed by atoms with Gasteiger partial charge < -0.3 is 11.1 Å². The summed E-state index contributed by atoms with van der Waals surface area (Å²) in [5.41, 5.74) is 8.00. The fourth-order valence-electron chi connectivity index (χ4n) is 2.56. The Morgan fingerprint density at radius 2 is 2.33 bits per heavy atom. The van der Waals surface area contributed by atoms with Crippen LogP contribution in [0.25, 0.3) is 11.1 Å². The quantitative estimate of drug-likeness (QED) is 0.823. The van der Waals surface area contributed by atoms with E-state index >= 15 is 0 Å². The van der Waals surface area contributed by atoms with E-state index in [1.54, 1.807) is 6.20 Å². The van der Waals surface area contributed by atoms with Gasteiger partial charge in [0, 0.05) is 37.1 Å². The van der Waals surface area contributed by atoms with E-state index < -0.39 is 0 Å². The Kier molecular flexibility index (Phi) is 4.36. The van der Waals surface area contributed by atoms with Gasteiger partial charge >= 0.3 is 0 Å². The van der Waals surface area contributed by atoms with Crippen LogP contribution in [0, 0.1) is 0 Å². The molecule has 0 saturated heterocycles. The topological polar surface area (TPSA) is 67.1 Å². The number of likely N-dealkylation sites (N-methyl/N-ethyl adjacent to an activating group) is 1. The number of rotatable bonds is 7. The number of nitrogen functional groups attached to an aromatic ring is 1. The van der Waals surface area contributed by atoms with Crippen LogP contribution < -0.4 is 11.1 Å². The molecule has 0 amide bonds. The van der Waals surface area contributed by atoms with Gasteiger partial charge in [-0.3, -0.25) is 9.88 Å². The van der Waals surface area contributed by atoms with Crippen molar-refractivity contribution in [1.29, 1.82) is 0 Å². The lowest BCUT2D eigenvalue weighted by molar-refractivity contribution is 0.289. The van der Waals surface area contributed by atoms with E-state index in [2.05, 4.69) is 26.5 Å². The average Bonchev–Trinajstić information content (AvgIpc) is 3.28. The molecule has 3 rings (SSSR count). The maximum atomic E-state index is 6.01. The summed E-state index contributed by atoms with van der Waals surface area (Å²) >= 11 is 1.42. The van der Waals surface area contributed by atoms with Gasteiger partial charge in [-0.1, -0.05) is 13.0 Å². The minimum atomic E-state index is 0.574. The van der Waals surface area contributed by atoms with Gasteiger partial charge in [-0.15, -0.1) is 0 Å². The average molecular weight is 303 g/mol. The van der Waals surface area contributed by atoms with Gasteiger partial charge in [0.1, 0.15) is 10.8 Å². The molecule has 2 aromatic heterocycles. The highest BCUT2D eigenvalue weighted by molar-refractivity contribution is 7.11. The number of hydrogen-bond donors (Lipinski definition) is 2. The lowest BCUT2D eigenvalue weighted by Gasteiger charge is -2.20. The van der Waals surface area contributed by atoms with Crippen molar-refractivity contribution in [2.75, 3.05) is 30.7 Å². The van der Waals surface area contributed by atoms with Crippen LogP contribution in [0.2, 0.25) is 0 Å². The number of aromatic nitrogens is 2. The molecule has 1 aliphatic carbocycles. The molecule has 0 aliphatic heterocycles. The molecule has 5 nitrogen and oxygen atoms in total. The van der Waals surface area contributed by atoms with Crippen molar-refractivity contribution in [3.8, 4) is 11.1 Å². The Morgan fingerprint density at radius 1 is 1.48 bits per heavy atom. The zero-order valence-corrected chi connectivity index (χ0v) is 13.1. The first-order chi connectivity index (χ1) is 10.3. The van der Waals surface area contributed by atoms with E-state index in [4.69, 9.17) is 5.73 Å². The number of anilines is 2. The largest absolute Gasteiger partial charge is 0.382 e. The summed E-state index contributed by atoms with van der Waals surface area (Å²) in [6.07, 6.45) is 6.29. The van der Waals surface area contributed by atoms with Crippen LogP contribution in [0.4, 0.5) is 10.8 Å². The molecule has 2 aromatic rings. The van der Waals surface area contributed by atoms with Crippen LogP contribution in [0.5, 0.6) is 0 Å². The van der Waals surface area contributed by atoms with Gasteiger partial charge in [-0.05, 0) is 37.0 Å². The van der Waals surface area contributed by atoms with Crippen molar-refractivity contribution >= 4 is 22.4 Å². The number of nitrogens with zero attached hydrogens (tertiary/aromatic N) is 3. The summed E-state index contributed by atoms with van der Waals surface area (Å²) in [6, 6.07) is 4.74. The number of hydrogen-bond acceptors (Lipinski definition) is 6. The predicted molar refractivity (Wildman–Crippen MR) is 88.5 cm³/mol. The Bertz CT molecular complexity index is 579. The highest BCUT2D eigenvalue weighted by atomic mass is 32.1. The number of nitrogens with two attached hydrogens (primary N) is 1. The third-order valence-electron chi connectivity index (χ3n) is 3.82. The Balaban J connectivity index is 1.66.